The molecule has 27 heavy (non-hydrogen) atoms. The average Bonchev–Trinajstić information content (AvgIpc) is 2.65. The molecule has 2 amide bonds. The van der Waals surface area contributed by atoms with Gasteiger partial charge in [-0.15, -0.1) is 0 Å². The van der Waals surface area contributed by atoms with E-state index >= 15 is 0 Å². The van der Waals surface area contributed by atoms with Gasteiger partial charge in [-0.05, 0) is 56.2 Å². The second kappa shape index (κ2) is 10.1. The van der Waals surface area contributed by atoms with Gasteiger partial charge in [0.1, 0.15) is 11.8 Å². The Balaban J connectivity index is 2.12. The molecule has 1 unspecified atom stereocenters. The molecule has 0 spiro atoms. The Labute approximate surface area is 168 Å². The molecule has 6 heteroatoms. The number of hydrogen-bond donors (Lipinski definition) is 1. The van der Waals surface area contributed by atoms with E-state index in [1.807, 2.05) is 62.4 Å². The average molecular weight is 433 g/mol. The first-order chi connectivity index (χ1) is 12.9. The highest BCUT2D eigenvalue weighted by molar-refractivity contribution is 9.10. The summed E-state index contributed by atoms with van der Waals surface area (Å²) in [5.74, 6) is 0.217. The molecule has 0 radical (unpaired) electrons. The molecule has 2 rings (SSSR count). The number of ether oxygens (including phenoxy) is 1. The Bertz CT molecular complexity index is 777. The normalized spacial score (nSPS) is 11.6. The third kappa shape index (κ3) is 6.40. The number of halogens is 1. The molecule has 144 valence electrons. The van der Waals surface area contributed by atoms with Crippen molar-refractivity contribution in [3.8, 4) is 5.75 Å². The van der Waals surface area contributed by atoms with Crippen molar-refractivity contribution in [3.63, 3.8) is 0 Å². The van der Waals surface area contributed by atoms with Gasteiger partial charge in [-0.1, -0.05) is 40.2 Å². The molecular weight excluding hydrogens is 408 g/mol. The minimum absolute atomic E-state index is 0.121. The number of carbonyl (C=O) groups is 2. The van der Waals surface area contributed by atoms with Gasteiger partial charge in [-0.2, -0.15) is 0 Å². The largest absolute Gasteiger partial charge is 0.484 e. The smallest absolute Gasteiger partial charge is 0.261 e. The molecule has 0 aliphatic rings. The Kier molecular flexibility index (Phi) is 7.85. The first-order valence-electron chi connectivity index (χ1n) is 8.91. The van der Waals surface area contributed by atoms with E-state index in [2.05, 4.69) is 21.2 Å². The molecule has 0 aliphatic carbocycles. The number of rotatable bonds is 8. The van der Waals surface area contributed by atoms with Gasteiger partial charge in [0, 0.05) is 17.6 Å². The molecule has 1 atom stereocenters. The highest BCUT2D eigenvalue weighted by atomic mass is 79.9. The maximum Gasteiger partial charge on any atom is 0.261 e. The molecule has 0 heterocycles. The molecule has 0 bridgehead atoms. The number of nitrogens with zero attached hydrogens (tertiary/aromatic N) is 1. The zero-order chi connectivity index (χ0) is 19.8. The van der Waals surface area contributed by atoms with Crippen LogP contribution in [0.4, 0.5) is 0 Å². The predicted octanol–water partition coefficient (Wildman–Crippen LogP) is 3.69. The van der Waals surface area contributed by atoms with Crippen LogP contribution in [-0.4, -0.2) is 35.9 Å². The summed E-state index contributed by atoms with van der Waals surface area (Å²) in [6.07, 6.45) is 0. The van der Waals surface area contributed by atoms with Crippen molar-refractivity contribution in [2.75, 3.05) is 13.2 Å². The molecule has 0 fully saturated rings. The minimum Gasteiger partial charge on any atom is -0.484 e. The quantitative estimate of drug-likeness (QED) is 0.691. The van der Waals surface area contributed by atoms with E-state index in [4.69, 9.17) is 4.74 Å². The van der Waals surface area contributed by atoms with Crippen LogP contribution in [0.5, 0.6) is 5.75 Å². The maximum absolute atomic E-state index is 12.8. The fourth-order valence-electron chi connectivity index (χ4n) is 2.62. The Morgan fingerprint density at radius 2 is 1.89 bits per heavy atom. The van der Waals surface area contributed by atoms with Crippen LogP contribution in [0.3, 0.4) is 0 Å². The van der Waals surface area contributed by atoms with E-state index in [0.717, 1.165) is 15.6 Å². The van der Waals surface area contributed by atoms with E-state index in [9.17, 15) is 9.59 Å². The fourth-order valence-corrected chi connectivity index (χ4v) is 2.89. The monoisotopic (exact) mass is 432 g/mol. The van der Waals surface area contributed by atoms with Crippen LogP contribution in [0.15, 0.2) is 53.0 Å². The van der Waals surface area contributed by atoms with E-state index in [1.54, 1.807) is 11.8 Å². The van der Waals surface area contributed by atoms with Crippen molar-refractivity contribution in [3.05, 3.63) is 64.1 Å². The van der Waals surface area contributed by atoms with Crippen LogP contribution < -0.4 is 10.1 Å². The number of amides is 2. The lowest BCUT2D eigenvalue weighted by Crippen LogP contribution is -2.49. The second-order valence-corrected chi connectivity index (χ2v) is 7.24. The van der Waals surface area contributed by atoms with E-state index in [0.29, 0.717) is 18.8 Å². The van der Waals surface area contributed by atoms with Crippen LogP contribution in [0, 0.1) is 6.92 Å². The zero-order valence-electron chi connectivity index (χ0n) is 15.9. The van der Waals surface area contributed by atoms with Crippen molar-refractivity contribution in [2.45, 2.75) is 33.4 Å². The first kappa shape index (κ1) is 21.0. The number of likely N-dealkylation sites (N-methyl/N-ethyl adjacent to an activating group) is 1. The summed E-state index contributed by atoms with van der Waals surface area (Å²) < 4.78 is 6.61. The summed E-state index contributed by atoms with van der Waals surface area (Å²) >= 11 is 3.41. The van der Waals surface area contributed by atoms with Crippen molar-refractivity contribution in [1.29, 1.82) is 0 Å². The first-order valence-corrected chi connectivity index (χ1v) is 9.71. The molecule has 0 saturated carbocycles. The summed E-state index contributed by atoms with van der Waals surface area (Å²) in [5.41, 5.74) is 2.00. The number of carbonyl (C=O) groups excluding carboxylic acids is 2. The topological polar surface area (TPSA) is 58.6 Å². The molecule has 0 saturated heterocycles. The molecule has 0 aromatic heterocycles. The molecule has 2 aromatic rings. The number of aryl methyl sites for hydroxylation is 1. The predicted molar refractivity (Wildman–Crippen MR) is 110 cm³/mol. The minimum atomic E-state index is -0.595. The Hall–Kier alpha value is -2.34. The van der Waals surface area contributed by atoms with Crippen LogP contribution in [0.1, 0.15) is 25.0 Å². The summed E-state index contributed by atoms with van der Waals surface area (Å²) in [6.45, 7) is 6.28. The maximum atomic E-state index is 12.8. The lowest BCUT2D eigenvalue weighted by Gasteiger charge is -2.28. The summed E-state index contributed by atoms with van der Waals surface area (Å²) in [7, 11) is 0. The van der Waals surface area contributed by atoms with E-state index < -0.39 is 6.04 Å². The summed E-state index contributed by atoms with van der Waals surface area (Å²) in [5, 5.41) is 2.78. The van der Waals surface area contributed by atoms with Crippen molar-refractivity contribution in [1.82, 2.24) is 10.2 Å². The highest BCUT2D eigenvalue weighted by Crippen LogP contribution is 2.16. The summed E-state index contributed by atoms with van der Waals surface area (Å²) in [4.78, 5) is 26.7. The SMILES string of the molecule is CCNC(=O)C(C)N(Cc1ccc(Br)cc1)C(=O)COc1cccc(C)c1. The summed E-state index contributed by atoms with van der Waals surface area (Å²) in [6, 6.07) is 14.6. The number of benzene rings is 2. The van der Waals surface area contributed by atoms with Gasteiger partial charge in [0.05, 0.1) is 0 Å². The molecule has 1 N–H and O–H groups in total. The van der Waals surface area contributed by atoms with Gasteiger partial charge >= 0.3 is 0 Å². The van der Waals surface area contributed by atoms with E-state index in [1.165, 1.54) is 0 Å². The highest BCUT2D eigenvalue weighted by Gasteiger charge is 2.26. The molecule has 0 aliphatic heterocycles. The van der Waals surface area contributed by atoms with Crippen LogP contribution in [0.2, 0.25) is 0 Å². The van der Waals surface area contributed by atoms with Crippen molar-refractivity contribution in [2.24, 2.45) is 0 Å². The number of hydrogen-bond acceptors (Lipinski definition) is 3. The van der Waals surface area contributed by atoms with Crippen molar-refractivity contribution >= 4 is 27.7 Å². The van der Waals surface area contributed by atoms with Crippen molar-refractivity contribution < 1.29 is 14.3 Å². The van der Waals surface area contributed by atoms with Gasteiger partial charge < -0.3 is 15.0 Å². The lowest BCUT2D eigenvalue weighted by molar-refractivity contribution is -0.142. The lowest BCUT2D eigenvalue weighted by atomic mass is 10.1. The van der Waals surface area contributed by atoms with Crippen LogP contribution >= 0.6 is 15.9 Å². The Morgan fingerprint density at radius 1 is 1.19 bits per heavy atom. The van der Waals surface area contributed by atoms with Gasteiger partial charge in [-0.25, -0.2) is 0 Å². The molecular formula is C21H25BrN2O3. The van der Waals surface area contributed by atoms with Gasteiger partial charge in [0.25, 0.3) is 5.91 Å². The molecule has 2 aromatic carbocycles. The van der Waals surface area contributed by atoms with Crippen LogP contribution in [-0.2, 0) is 16.1 Å². The molecule has 5 nitrogen and oxygen atoms in total. The third-order valence-corrected chi connectivity index (χ3v) is 4.66. The number of nitrogens with one attached hydrogen (secondary N) is 1. The second-order valence-electron chi connectivity index (χ2n) is 6.32. The van der Waals surface area contributed by atoms with Crippen LogP contribution in [0.25, 0.3) is 0 Å². The van der Waals surface area contributed by atoms with Gasteiger partial charge in [0.2, 0.25) is 5.91 Å². The van der Waals surface area contributed by atoms with Gasteiger partial charge in [-0.3, -0.25) is 9.59 Å². The fraction of sp³-hybridized carbons (Fsp3) is 0.333. The van der Waals surface area contributed by atoms with Gasteiger partial charge in [0.15, 0.2) is 6.61 Å². The van der Waals surface area contributed by atoms with E-state index in [-0.39, 0.29) is 18.4 Å². The third-order valence-electron chi connectivity index (χ3n) is 4.14. The standard InChI is InChI=1S/C21H25BrN2O3/c1-4-23-21(26)16(3)24(13-17-8-10-18(22)11-9-17)20(25)14-27-19-7-5-6-15(2)12-19/h5-12,16H,4,13-14H2,1-3H3,(H,23,26). The zero-order valence-corrected chi connectivity index (χ0v) is 17.5. The Morgan fingerprint density at radius 3 is 2.52 bits per heavy atom.